The van der Waals surface area contributed by atoms with E-state index in [1.165, 1.54) is 0 Å². The molecule has 168 valence electrons. The van der Waals surface area contributed by atoms with Crippen LogP contribution in [0.5, 0.6) is 5.75 Å². The van der Waals surface area contributed by atoms with Gasteiger partial charge in [-0.05, 0) is 55.8 Å². The minimum atomic E-state index is -0.472. The van der Waals surface area contributed by atoms with Gasteiger partial charge in [-0.2, -0.15) is 5.26 Å². The molecule has 0 fully saturated rings. The fraction of sp³-hybridized carbons (Fsp3) is 0.103. The first kappa shape index (κ1) is 22.6. The summed E-state index contributed by atoms with van der Waals surface area (Å²) >= 11 is 0. The molecular weight excluding hydrogens is 422 g/mol. The van der Waals surface area contributed by atoms with E-state index in [0.29, 0.717) is 18.0 Å². The van der Waals surface area contributed by atoms with Crippen LogP contribution in [0.15, 0.2) is 96.6 Å². The number of benzene rings is 3. The van der Waals surface area contributed by atoms with Crippen LogP contribution in [0.3, 0.4) is 0 Å². The second-order valence-electron chi connectivity index (χ2n) is 7.71. The Bertz CT molecular complexity index is 1360. The van der Waals surface area contributed by atoms with Gasteiger partial charge in [-0.25, -0.2) is 0 Å². The molecular formula is C29H25N3O2. The predicted molar refractivity (Wildman–Crippen MR) is 136 cm³/mol. The average Bonchev–Trinajstić information content (AvgIpc) is 3.19. The van der Waals surface area contributed by atoms with Gasteiger partial charge in [-0.1, -0.05) is 54.6 Å². The summed E-state index contributed by atoms with van der Waals surface area (Å²) < 4.78 is 7.64. The van der Waals surface area contributed by atoms with Crippen molar-refractivity contribution < 1.29 is 9.53 Å². The highest BCUT2D eigenvalue weighted by molar-refractivity contribution is 6.10. The minimum absolute atomic E-state index is 0.0178. The number of nitrogens with zero attached hydrogens (tertiary/aromatic N) is 2. The van der Waals surface area contributed by atoms with E-state index < -0.39 is 5.91 Å². The third kappa shape index (κ3) is 4.92. The molecule has 0 bridgehead atoms. The first-order valence-electron chi connectivity index (χ1n) is 11.1. The second kappa shape index (κ2) is 10.4. The molecule has 0 atom stereocenters. The van der Waals surface area contributed by atoms with Crippen LogP contribution in [-0.4, -0.2) is 17.1 Å². The fourth-order valence-electron chi connectivity index (χ4n) is 3.91. The Morgan fingerprint density at radius 2 is 1.71 bits per heavy atom. The number of amides is 1. The zero-order chi connectivity index (χ0) is 23.9. The van der Waals surface area contributed by atoms with E-state index in [4.69, 9.17) is 4.74 Å². The first-order chi connectivity index (χ1) is 16.6. The number of aromatic nitrogens is 1. The second-order valence-corrected chi connectivity index (χ2v) is 7.71. The van der Waals surface area contributed by atoms with Gasteiger partial charge in [0.25, 0.3) is 5.91 Å². The van der Waals surface area contributed by atoms with E-state index in [2.05, 4.69) is 16.0 Å². The molecule has 0 spiro atoms. The molecule has 1 N–H and O–H groups in total. The van der Waals surface area contributed by atoms with Crippen molar-refractivity contribution in [1.82, 2.24) is 4.57 Å². The molecule has 1 heterocycles. The van der Waals surface area contributed by atoms with E-state index in [1.807, 2.05) is 86.6 Å². The third-order valence-corrected chi connectivity index (χ3v) is 5.34. The van der Waals surface area contributed by atoms with Crippen molar-refractivity contribution in [2.45, 2.75) is 13.8 Å². The Hall–Kier alpha value is -4.56. The Labute approximate surface area is 199 Å². The lowest BCUT2D eigenvalue weighted by Gasteiger charge is -2.13. The summed E-state index contributed by atoms with van der Waals surface area (Å²) in [5.41, 5.74) is 5.30. The van der Waals surface area contributed by atoms with E-state index >= 15 is 0 Å². The molecule has 0 saturated carbocycles. The molecule has 0 aliphatic carbocycles. The Morgan fingerprint density at radius 1 is 1.00 bits per heavy atom. The molecule has 34 heavy (non-hydrogen) atoms. The van der Waals surface area contributed by atoms with Crippen LogP contribution < -0.4 is 10.1 Å². The van der Waals surface area contributed by atoms with Crippen LogP contribution in [0.1, 0.15) is 18.2 Å². The van der Waals surface area contributed by atoms with E-state index in [0.717, 1.165) is 28.2 Å². The van der Waals surface area contributed by atoms with Crippen molar-refractivity contribution in [3.63, 3.8) is 0 Å². The zero-order valence-corrected chi connectivity index (χ0v) is 19.2. The van der Waals surface area contributed by atoms with Crippen LogP contribution in [-0.2, 0) is 4.79 Å². The summed E-state index contributed by atoms with van der Waals surface area (Å²) in [7, 11) is 0. The van der Waals surface area contributed by atoms with Crippen molar-refractivity contribution in [3.8, 4) is 28.8 Å². The number of nitriles is 1. The van der Waals surface area contributed by atoms with Gasteiger partial charge < -0.3 is 14.6 Å². The molecule has 0 aliphatic rings. The van der Waals surface area contributed by atoms with Crippen molar-refractivity contribution in [2.75, 3.05) is 11.9 Å². The van der Waals surface area contributed by atoms with E-state index in [1.54, 1.807) is 24.3 Å². The number of para-hydroxylation sites is 1. The summed E-state index contributed by atoms with van der Waals surface area (Å²) in [6, 6.07) is 31.2. The summed E-state index contributed by atoms with van der Waals surface area (Å²) in [6.45, 7) is 4.44. The molecule has 0 unspecified atom stereocenters. The lowest BCUT2D eigenvalue weighted by Crippen LogP contribution is -2.13. The maximum absolute atomic E-state index is 13.0. The topological polar surface area (TPSA) is 67.0 Å². The predicted octanol–water partition coefficient (Wildman–Crippen LogP) is 6.40. The maximum Gasteiger partial charge on any atom is 0.266 e. The highest BCUT2D eigenvalue weighted by Crippen LogP contribution is 2.32. The normalized spacial score (nSPS) is 11.0. The number of hydrogen-bond acceptors (Lipinski definition) is 3. The molecule has 4 rings (SSSR count). The SMILES string of the molecule is CCOc1cccc(NC(=O)/C(C#N)=C\c2cc(C)n(-c3ccccc3)c2-c2ccccc2)c1. The van der Waals surface area contributed by atoms with Gasteiger partial charge in [0.1, 0.15) is 17.4 Å². The number of carbonyl (C=O) groups is 1. The molecule has 1 amide bonds. The van der Waals surface area contributed by atoms with Gasteiger partial charge in [-0.3, -0.25) is 4.79 Å². The molecule has 3 aromatic carbocycles. The van der Waals surface area contributed by atoms with Gasteiger partial charge in [0.15, 0.2) is 0 Å². The van der Waals surface area contributed by atoms with Gasteiger partial charge in [-0.15, -0.1) is 0 Å². The number of aryl methyl sites for hydroxylation is 1. The number of rotatable bonds is 7. The lowest BCUT2D eigenvalue weighted by molar-refractivity contribution is -0.112. The monoisotopic (exact) mass is 447 g/mol. The molecule has 4 aromatic rings. The molecule has 1 aromatic heterocycles. The summed E-state index contributed by atoms with van der Waals surface area (Å²) in [6.07, 6.45) is 1.65. The fourth-order valence-corrected chi connectivity index (χ4v) is 3.91. The molecule has 5 nitrogen and oxygen atoms in total. The van der Waals surface area contributed by atoms with Crippen molar-refractivity contribution in [2.24, 2.45) is 0 Å². The minimum Gasteiger partial charge on any atom is -0.494 e. The molecule has 0 aliphatic heterocycles. The highest BCUT2D eigenvalue weighted by Gasteiger charge is 2.17. The lowest BCUT2D eigenvalue weighted by atomic mass is 10.0. The first-order valence-corrected chi connectivity index (χ1v) is 11.1. The number of carbonyl (C=O) groups excluding carboxylic acids is 1. The van der Waals surface area contributed by atoms with Crippen molar-refractivity contribution in [1.29, 1.82) is 5.26 Å². The summed E-state index contributed by atoms with van der Waals surface area (Å²) in [5, 5.41) is 12.6. The van der Waals surface area contributed by atoms with Gasteiger partial charge in [0.2, 0.25) is 0 Å². The summed E-state index contributed by atoms with van der Waals surface area (Å²) in [5.74, 6) is 0.185. The number of nitrogens with one attached hydrogen (secondary N) is 1. The van der Waals surface area contributed by atoms with Crippen LogP contribution in [0, 0.1) is 18.3 Å². The van der Waals surface area contributed by atoms with Crippen LogP contribution >= 0.6 is 0 Å². The molecule has 0 saturated heterocycles. The Morgan fingerprint density at radius 3 is 2.38 bits per heavy atom. The maximum atomic E-state index is 13.0. The zero-order valence-electron chi connectivity index (χ0n) is 19.2. The smallest absolute Gasteiger partial charge is 0.266 e. The Balaban J connectivity index is 1.76. The third-order valence-electron chi connectivity index (χ3n) is 5.34. The van der Waals surface area contributed by atoms with Crippen molar-refractivity contribution in [3.05, 3.63) is 108 Å². The van der Waals surface area contributed by atoms with E-state index in [-0.39, 0.29) is 5.57 Å². The Kier molecular flexibility index (Phi) is 6.90. The van der Waals surface area contributed by atoms with Gasteiger partial charge in [0.05, 0.1) is 12.3 Å². The number of anilines is 1. The van der Waals surface area contributed by atoms with E-state index in [9.17, 15) is 10.1 Å². The van der Waals surface area contributed by atoms with Gasteiger partial charge >= 0.3 is 0 Å². The van der Waals surface area contributed by atoms with Crippen LogP contribution in [0.4, 0.5) is 5.69 Å². The quantitative estimate of drug-likeness (QED) is 0.263. The van der Waals surface area contributed by atoms with Crippen LogP contribution in [0.25, 0.3) is 23.0 Å². The molecule has 0 radical (unpaired) electrons. The average molecular weight is 448 g/mol. The number of hydrogen-bond donors (Lipinski definition) is 1. The highest BCUT2D eigenvalue weighted by atomic mass is 16.5. The largest absolute Gasteiger partial charge is 0.494 e. The van der Waals surface area contributed by atoms with Crippen LogP contribution in [0.2, 0.25) is 0 Å². The van der Waals surface area contributed by atoms with Gasteiger partial charge in [0, 0.05) is 28.7 Å². The van der Waals surface area contributed by atoms with Crippen molar-refractivity contribution >= 4 is 17.7 Å². The standard InChI is InChI=1S/C29H25N3O2/c1-3-34-27-16-10-13-25(19-27)31-29(33)24(20-30)18-23-17-21(2)32(26-14-8-5-9-15-26)28(23)22-11-6-4-7-12-22/h4-19H,3H2,1-2H3,(H,31,33)/b24-18-. The molecule has 5 heteroatoms. The summed E-state index contributed by atoms with van der Waals surface area (Å²) in [4.78, 5) is 13.0. The number of ether oxygens (including phenoxy) is 1.